The largest absolute Gasteiger partial charge is 0.454 e. The van der Waals surface area contributed by atoms with Crippen LogP contribution in [0.3, 0.4) is 0 Å². The van der Waals surface area contributed by atoms with Gasteiger partial charge in [-0.3, -0.25) is 5.10 Å². The molecule has 0 atom stereocenters. The van der Waals surface area contributed by atoms with Crippen molar-refractivity contribution in [2.75, 3.05) is 33.5 Å². The molecule has 3 aromatic rings. The zero-order chi connectivity index (χ0) is 27.6. The molecule has 2 aliphatic heterocycles. The van der Waals surface area contributed by atoms with Crippen LogP contribution in [0.2, 0.25) is 0 Å². The van der Waals surface area contributed by atoms with E-state index in [-0.39, 0.29) is 23.3 Å². The molecule has 0 spiro atoms. The number of ether oxygens (including phenoxy) is 2. The molecule has 1 N–H and O–H groups in total. The maximum absolute atomic E-state index is 13.5. The first kappa shape index (κ1) is 27.5. The van der Waals surface area contributed by atoms with Gasteiger partial charge in [-0.25, -0.2) is 8.42 Å². The maximum Gasteiger partial charge on any atom is 0.432 e. The van der Waals surface area contributed by atoms with Crippen LogP contribution in [-0.4, -0.2) is 61.3 Å². The fourth-order valence-corrected chi connectivity index (χ4v) is 6.32. The highest BCUT2D eigenvalue weighted by Crippen LogP contribution is 2.36. The minimum absolute atomic E-state index is 0.0522. The van der Waals surface area contributed by atoms with Crippen LogP contribution in [0.4, 0.5) is 13.2 Å². The predicted octanol–water partition coefficient (Wildman–Crippen LogP) is 5.05. The quantitative estimate of drug-likeness (QED) is 0.472. The smallest absolute Gasteiger partial charge is 0.432 e. The van der Waals surface area contributed by atoms with Crippen molar-refractivity contribution in [3.63, 3.8) is 0 Å². The van der Waals surface area contributed by atoms with Crippen LogP contribution in [0.15, 0.2) is 39.8 Å². The molecule has 0 fully saturated rings. The van der Waals surface area contributed by atoms with E-state index in [4.69, 9.17) is 13.9 Å². The Morgan fingerprint density at radius 2 is 1.62 bits per heavy atom. The van der Waals surface area contributed by atoms with E-state index in [1.807, 2.05) is 12.1 Å². The average molecular weight is 569 g/mol. The van der Waals surface area contributed by atoms with Crippen LogP contribution in [0.25, 0.3) is 11.5 Å². The number of hydrogen-bond acceptors (Lipinski definition) is 7. The molecule has 0 bridgehead atoms. The molecule has 13 heteroatoms. The summed E-state index contributed by atoms with van der Waals surface area (Å²) >= 11 is 0. The Labute approximate surface area is 224 Å². The first-order valence-electron chi connectivity index (χ1n) is 12.9. The van der Waals surface area contributed by atoms with Crippen molar-refractivity contribution in [2.24, 2.45) is 0 Å². The highest BCUT2D eigenvalue weighted by atomic mass is 32.2. The number of sulfonamides is 1. The topological polar surface area (TPSA) is 101 Å². The van der Waals surface area contributed by atoms with Crippen LogP contribution in [0, 0.1) is 0 Å². The van der Waals surface area contributed by atoms with E-state index >= 15 is 0 Å². The lowest BCUT2D eigenvalue weighted by atomic mass is 9.99. The third-order valence-electron chi connectivity index (χ3n) is 7.00. The number of halogens is 3. The summed E-state index contributed by atoms with van der Waals surface area (Å²) in [7, 11) is -1.94. The van der Waals surface area contributed by atoms with Crippen molar-refractivity contribution < 1.29 is 35.5 Å². The van der Waals surface area contributed by atoms with E-state index in [2.05, 4.69) is 22.1 Å². The highest BCUT2D eigenvalue weighted by Gasteiger charge is 2.34. The summed E-state index contributed by atoms with van der Waals surface area (Å²) in [6.07, 6.45) is 0.0716. The number of aromatic nitrogens is 2. The zero-order valence-corrected chi connectivity index (χ0v) is 22.4. The van der Waals surface area contributed by atoms with Gasteiger partial charge in [0.15, 0.2) is 17.3 Å². The lowest BCUT2D eigenvalue weighted by molar-refractivity contribution is -0.141. The Kier molecular flexibility index (Phi) is 7.92. The number of nitrogens with one attached hydrogen (secondary N) is 1. The second kappa shape index (κ2) is 11.2. The first-order valence-corrected chi connectivity index (χ1v) is 14.4. The van der Waals surface area contributed by atoms with Gasteiger partial charge in [0.05, 0.1) is 0 Å². The van der Waals surface area contributed by atoms with Gasteiger partial charge >= 0.3 is 6.18 Å². The summed E-state index contributed by atoms with van der Waals surface area (Å²) < 4.78 is 83.7. The van der Waals surface area contributed by atoms with E-state index in [0.717, 1.165) is 56.3 Å². The minimum Gasteiger partial charge on any atom is -0.454 e. The summed E-state index contributed by atoms with van der Waals surface area (Å²) in [5, 5.41) is 5.23. The molecule has 9 nitrogen and oxygen atoms in total. The molecule has 212 valence electrons. The molecule has 0 aliphatic carbocycles. The number of aromatic amines is 1. The van der Waals surface area contributed by atoms with Gasteiger partial charge in [-0.15, -0.1) is 0 Å². The van der Waals surface area contributed by atoms with Gasteiger partial charge in [-0.1, -0.05) is 6.42 Å². The molecule has 39 heavy (non-hydrogen) atoms. The molecule has 0 saturated carbocycles. The van der Waals surface area contributed by atoms with Crippen molar-refractivity contribution in [2.45, 2.75) is 56.3 Å². The van der Waals surface area contributed by atoms with Crippen LogP contribution in [0.5, 0.6) is 11.5 Å². The standard InChI is InChI=1S/C26H31F3N4O5S/c1-32-10-5-6-12-33(11-4-2-3-7-18-13-22-23(37-17-36-22)14-19(18)16-32)39(34,35)25-9-8-21(38-25)20-15-24(31-30-20)26(27,28)29/h8-9,13-15H,2-7,10-12,16-17H2,1H3,(H,30,31). The number of rotatable bonds is 3. The monoisotopic (exact) mass is 568 g/mol. The number of H-pyrrole nitrogens is 1. The number of aryl methyl sites for hydroxylation is 1. The van der Waals surface area contributed by atoms with Crippen molar-refractivity contribution in [1.29, 1.82) is 0 Å². The molecule has 2 aliphatic rings. The number of hydrogen-bond donors (Lipinski definition) is 1. The predicted molar refractivity (Wildman–Crippen MR) is 136 cm³/mol. The highest BCUT2D eigenvalue weighted by molar-refractivity contribution is 7.89. The SMILES string of the molecule is CN1CCCCN(S(=O)(=O)c2ccc(-c3cc(C(F)(F)F)[nH]n3)o2)CCCCCc2cc3c(cc2C1)OCO3. The van der Waals surface area contributed by atoms with Crippen LogP contribution < -0.4 is 9.47 Å². The second-order valence-corrected chi connectivity index (χ2v) is 11.8. The molecule has 4 heterocycles. The Hall–Kier alpha value is -3.03. The van der Waals surface area contributed by atoms with Crippen LogP contribution in [0.1, 0.15) is 48.9 Å². The summed E-state index contributed by atoms with van der Waals surface area (Å²) in [6, 6.07) is 7.51. The molecule has 2 aromatic heterocycles. The number of fused-ring (bicyclic) bond motifs is 2. The van der Waals surface area contributed by atoms with Gasteiger partial charge in [0.2, 0.25) is 11.9 Å². The number of furan rings is 1. The zero-order valence-electron chi connectivity index (χ0n) is 21.6. The Morgan fingerprint density at radius 3 is 2.33 bits per heavy atom. The van der Waals surface area contributed by atoms with E-state index < -0.39 is 21.9 Å². The summed E-state index contributed by atoms with van der Waals surface area (Å²) in [5.74, 6) is 1.49. The Balaban J connectivity index is 1.29. The minimum atomic E-state index is -4.59. The fourth-order valence-electron chi connectivity index (χ4n) is 4.90. The molecule has 0 radical (unpaired) electrons. The lowest BCUT2D eigenvalue weighted by Crippen LogP contribution is -2.33. The van der Waals surface area contributed by atoms with Gasteiger partial charge in [0.1, 0.15) is 11.4 Å². The fraction of sp³-hybridized carbons (Fsp3) is 0.500. The van der Waals surface area contributed by atoms with E-state index in [1.54, 1.807) is 0 Å². The Bertz CT molecular complexity index is 1400. The third kappa shape index (κ3) is 6.25. The van der Waals surface area contributed by atoms with Crippen molar-refractivity contribution >= 4 is 10.0 Å². The van der Waals surface area contributed by atoms with E-state index in [1.165, 1.54) is 27.6 Å². The summed E-state index contributed by atoms with van der Waals surface area (Å²) in [5.41, 5.74) is 1.28. The van der Waals surface area contributed by atoms with Gasteiger partial charge < -0.3 is 18.8 Å². The normalized spacial score (nSPS) is 18.6. The molecule has 5 rings (SSSR count). The van der Waals surface area contributed by atoms with E-state index in [0.29, 0.717) is 25.9 Å². The number of nitrogens with zero attached hydrogens (tertiary/aromatic N) is 3. The third-order valence-corrected chi connectivity index (χ3v) is 8.77. The number of alkyl halides is 3. The number of benzene rings is 1. The second-order valence-electron chi connectivity index (χ2n) is 9.92. The van der Waals surface area contributed by atoms with Gasteiger partial charge in [0, 0.05) is 19.6 Å². The molecule has 0 saturated heterocycles. The average Bonchev–Trinajstić information content (AvgIpc) is 3.64. The maximum atomic E-state index is 13.5. The summed E-state index contributed by atoms with van der Waals surface area (Å²) in [6.45, 7) is 2.41. The molecule has 1 aromatic carbocycles. The van der Waals surface area contributed by atoms with Crippen molar-refractivity contribution in [1.82, 2.24) is 19.4 Å². The molecule has 0 amide bonds. The van der Waals surface area contributed by atoms with Crippen LogP contribution in [-0.2, 0) is 29.2 Å². The lowest BCUT2D eigenvalue weighted by Gasteiger charge is -2.23. The van der Waals surface area contributed by atoms with Gasteiger partial charge in [-0.05, 0) is 87.2 Å². The Morgan fingerprint density at radius 1 is 0.923 bits per heavy atom. The van der Waals surface area contributed by atoms with Crippen molar-refractivity contribution in [3.8, 4) is 23.0 Å². The summed E-state index contributed by atoms with van der Waals surface area (Å²) in [4.78, 5) is 2.21. The van der Waals surface area contributed by atoms with Gasteiger partial charge in [0.25, 0.3) is 10.0 Å². The van der Waals surface area contributed by atoms with E-state index in [9.17, 15) is 21.6 Å². The van der Waals surface area contributed by atoms with Gasteiger partial charge in [-0.2, -0.15) is 22.6 Å². The van der Waals surface area contributed by atoms with Crippen molar-refractivity contribution in [3.05, 3.63) is 47.2 Å². The molecule has 0 unspecified atom stereocenters. The first-order chi connectivity index (χ1) is 18.6. The molecular formula is C26H31F3N4O5S. The molecular weight excluding hydrogens is 537 g/mol. The van der Waals surface area contributed by atoms with Crippen LogP contribution >= 0.6 is 0 Å².